The zero-order valence-corrected chi connectivity index (χ0v) is 17.0. The average Bonchev–Trinajstić information content (AvgIpc) is 3.41. The Bertz CT molecular complexity index is 467. The summed E-state index contributed by atoms with van der Waals surface area (Å²) < 4.78 is 11.2. The monoisotopic (exact) mass is 447 g/mol. The Kier molecular flexibility index (Phi) is 11.0. The lowest BCUT2D eigenvalue weighted by molar-refractivity contribution is 0.106. The number of nitrogens with one attached hydrogen (secondary N) is 2. The van der Waals surface area contributed by atoms with Crippen molar-refractivity contribution in [3.63, 3.8) is 0 Å². The minimum Gasteiger partial charge on any atom is -0.381 e. The van der Waals surface area contributed by atoms with E-state index < -0.39 is 0 Å². The highest BCUT2D eigenvalue weighted by molar-refractivity contribution is 14.0. The van der Waals surface area contributed by atoms with Crippen LogP contribution in [0.25, 0.3) is 0 Å². The number of aliphatic imine (C=N–C) groups is 1. The topological polar surface area (TPSA) is 54.9 Å². The van der Waals surface area contributed by atoms with Crippen LogP contribution in [-0.2, 0) is 9.47 Å². The number of ether oxygens (including phenoxy) is 2. The Hall–Kier alpha value is -0.860. The van der Waals surface area contributed by atoms with Gasteiger partial charge in [-0.2, -0.15) is 0 Å². The van der Waals surface area contributed by atoms with Crippen molar-refractivity contribution in [2.24, 2.45) is 10.9 Å². The number of hydrogen-bond donors (Lipinski definition) is 2. The quantitative estimate of drug-likeness (QED) is 0.251. The molecule has 136 valence electrons. The fourth-order valence-electron chi connectivity index (χ4n) is 2.33. The van der Waals surface area contributed by atoms with Crippen molar-refractivity contribution >= 4 is 29.9 Å². The Morgan fingerprint density at radius 1 is 1.25 bits per heavy atom. The molecule has 2 rings (SSSR count). The zero-order chi connectivity index (χ0) is 16.3. The van der Waals surface area contributed by atoms with Crippen molar-refractivity contribution in [1.82, 2.24) is 10.6 Å². The number of nitrogens with zero attached hydrogens (tertiary/aromatic N) is 1. The van der Waals surface area contributed by atoms with Crippen LogP contribution in [-0.4, -0.2) is 46.4 Å². The number of hydrogen-bond acceptors (Lipinski definition) is 3. The second-order valence-corrected chi connectivity index (χ2v) is 5.89. The summed E-state index contributed by atoms with van der Waals surface area (Å²) in [7, 11) is 3.51. The van der Waals surface area contributed by atoms with Crippen LogP contribution in [0.2, 0.25) is 0 Å². The molecule has 0 aromatic heterocycles. The summed E-state index contributed by atoms with van der Waals surface area (Å²) in [4.78, 5) is 4.24. The van der Waals surface area contributed by atoms with Gasteiger partial charge < -0.3 is 20.1 Å². The maximum Gasteiger partial charge on any atom is 0.191 e. The first-order chi connectivity index (χ1) is 11.3. The van der Waals surface area contributed by atoms with Crippen molar-refractivity contribution < 1.29 is 9.47 Å². The normalized spacial score (nSPS) is 15.5. The van der Waals surface area contributed by atoms with E-state index in [2.05, 4.69) is 27.8 Å². The number of benzene rings is 1. The second-order valence-electron chi connectivity index (χ2n) is 5.89. The summed E-state index contributed by atoms with van der Waals surface area (Å²) in [5.41, 5.74) is 1.16. The summed E-state index contributed by atoms with van der Waals surface area (Å²) in [6.45, 7) is 3.27. The van der Waals surface area contributed by atoms with E-state index in [1.54, 1.807) is 14.2 Å². The second kappa shape index (κ2) is 12.5. The Morgan fingerprint density at radius 2 is 2.00 bits per heavy atom. The van der Waals surface area contributed by atoms with Crippen molar-refractivity contribution in [1.29, 1.82) is 0 Å². The highest BCUT2D eigenvalue weighted by atomic mass is 127. The molecule has 0 saturated heterocycles. The minimum atomic E-state index is 0. The zero-order valence-electron chi connectivity index (χ0n) is 14.7. The molecule has 6 heteroatoms. The van der Waals surface area contributed by atoms with Gasteiger partial charge in [0.2, 0.25) is 0 Å². The van der Waals surface area contributed by atoms with E-state index in [1.165, 1.54) is 12.8 Å². The minimum absolute atomic E-state index is 0. The third-order valence-electron chi connectivity index (χ3n) is 3.94. The fraction of sp³-hybridized carbons (Fsp3) is 0.611. The first-order valence-corrected chi connectivity index (χ1v) is 8.43. The van der Waals surface area contributed by atoms with E-state index in [4.69, 9.17) is 9.47 Å². The molecular weight excluding hydrogens is 417 g/mol. The third-order valence-corrected chi connectivity index (χ3v) is 3.94. The van der Waals surface area contributed by atoms with Gasteiger partial charge >= 0.3 is 0 Å². The van der Waals surface area contributed by atoms with Gasteiger partial charge in [0.05, 0.1) is 6.10 Å². The van der Waals surface area contributed by atoms with Crippen LogP contribution in [0.5, 0.6) is 0 Å². The van der Waals surface area contributed by atoms with E-state index in [-0.39, 0.29) is 30.1 Å². The van der Waals surface area contributed by atoms with Crippen molar-refractivity contribution in [2.75, 3.05) is 40.5 Å². The van der Waals surface area contributed by atoms with Crippen LogP contribution in [0.15, 0.2) is 35.3 Å². The van der Waals surface area contributed by atoms with Crippen molar-refractivity contribution in [3.05, 3.63) is 35.9 Å². The number of methoxy groups -OCH3 is 1. The first-order valence-electron chi connectivity index (χ1n) is 8.43. The summed E-state index contributed by atoms with van der Waals surface area (Å²) in [5, 5.41) is 6.62. The molecule has 0 bridgehead atoms. The van der Waals surface area contributed by atoms with E-state index in [0.29, 0.717) is 6.54 Å². The van der Waals surface area contributed by atoms with Crippen LogP contribution >= 0.6 is 24.0 Å². The average molecular weight is 447 g/mol. The first kappa shape index (κ1) is 21.2. The van der Waals surface area contributed by atoms with Gasteiger partial charge in [-0.1, -0.05) is 30.3 Å². The van der Waals surface area contributed by atoms with Gasteiger partial charge in [-0.05, 0) is 30.7 Å². The van der Waals surface area contributed by atoms with Gasteiger partial charge in [0.15, 0.2) is 5.96 Å². The van der Waals surface area contributed by atoms with Crippen molar-refractivity contribution in [2.45, 2.75) is 25.4 Å². The van der Waals surface area contributed by atoms with E-state index in [0.717, 1.165) is 43.6 Å². The fourth-order valence-corrected chi connectivity index (χ4v) is 2.33. The maximum atomic E-state index is 5.63. The predicted molar refractivity (Wildman–Crippen MR) is 109 cm³/mol. The molecule has 0 radical (unpaired) electrons. The molecule has 1 atom stereocenters. The van der Waals surface area contributed by atoms with E-state index >= 15 is 0 Å². The lowest BCUT2D eigenvalue weighted by Gasteiger charge is -2.18. The van der Waals surface area contributed by atoms with Crippen LogP contribution in [0, 0.1) is 5.92 Å². The van der Waals surface area contributed by atoms with Gasteiger partial charge in [0, 0.05) is 40.5 Å². The van der Waals surface area contributed by atoms with Crippen LogP contribution in [0.1, 0.15) is 30.9 Å². The van der Waals surface area contributed by atoms with E-state index in [1.807, 2.05) is 18.2 Å². The van der Waals surface area contributed by atoms with Gasteiger partial charge in [0.1, 0.15) is 0 Å². The van der Waals surface area contributed by atoms with Crippen LogP contribution in [0.3, 0.4) is 0 Å². The Balaban J connectivity index is 0.00000288. The number of rotatable bonds is 10. The number of guanidine groups is 1. The van der Waals surface area contributed by atoms with Crippen molar-refractivity contribution in [3.8, 4) is 0 Å². The molecule has 0 spiro atoms. The standard InChI is InChI=1S/C18H29N3O2.HI/c1-19-18(20-11-6-12-23-14-15-9-10-15)21-13-17(22-2)16-7-4-3-5-8-16;/h3-5,7-8,15,17H,6,9-14H2,1-2H3,(H2,19,20,21);1H. The third kappa shape index (κ3) is 8.30. The summed E-state index contributed by atoms with van der Waals surface area (Å²) in [5.74, 6) is 1.63. The maximum absolute atomic E-state index is 5.63. The lowest BCUT2D eigenvalue weighted by Crippen LogP contribution is -2.40. The molecule has 1 unspecified atom stereocenters. The molecule has 1 fully saturated rings. The van der Waals surface area contributed by atoms with Gasteiger partial charge in [-0.25, -0.2) is 0 Å². The highest BCUT2D eigenvalue weighted by Crippen LogP contribution is 2.28. The van der Waals surface area contributed by atoms with Gasteiger partial charge in [0.25, 0.3) is 0 Å². The molecule has 5 nitrogen and oxygen atoms in total. The Morgan fingerprint density at radius 3 is 2.62 bits per heavy atom. The van der Waals surface area contributed by atoms with Crippen LogP contribution < -0.4 is 10.6 Å². The van der Waals surface area contributed by atoms with Crippen LogP contribution in [0.4, 0.5) is 0 Å². The molecular formula is C18H30IN3O2. The molecule has 1 aromatic carbocycles. The largest absolute Gasteiger partial charge is 0.381 e. The number of halogens is 1. The molecule has 0 amide bonds. The Labute approximate surface area is 162 Å². The molecule has 0 aliphatic heterocycles. The molecule has 0 heterocycles. The molecule has 24 heavy (non-hydrogen) atoms. The summed E-state index contributed by atoms with van der Waals surface area (Å²) in [6.07, 6.45) is 3.68. The van der Waals surface area contributed by atoms with E-state index in [9.17, 15) is 0 Å². The molecule has 2 N–H and O–H groups in total. The highest BCUT2D eigenvalue weighted by Gasteiger charge is 2.20. The predicted octanol–water partition coefficient (Wildman–Crippen LogP) is 2.97. The summed E-state index contributed by atoms with van der Waals surface area (Å²) >= 11 is 0. The summed E-state index contributed by atoms with van der Waals surface area (Å²) in [6, 6.07) is 10.2. The lowest BCUT2D eigenvalue weighted by atomic mass is 10.1. The van der Waals surface area contributed by atoms with Gasteiger partial charge in [-0.15, -0.1) is 24.0 Å². The molecule has 1 aromatic rings. The van der Waals surface area contributed by atoms with Gasteiger partial charge in [-0.3, -0.25) is 4.99 Å². The molecule has 1 saturated carbocycles. The molecule has 1 aliphatic carbocycles. The molecule has 1 aliphatic rings. The smallest absolute Gasteiger partial charge is 0.191 e. The SMILES string of the molecule is CN=C(NCCCOCC1CC1)NCC(OC)c1ccccc1.I.